The highest BCUT2D eigenvalue weighted by Crippen LogP contribution is 2.23. The topological polar surface area (TPSA) is 69.5 Å². The van der Waals surface area contributed by atoms with Gasteiger partial charge in [0.25, 0.3) is 0 Å². The maximum atomic E-state index is 12.6. The molecule has 2 aliphatic rings. The maximum absolute atomic E-state index is 12.6. The van der Waals surface area contributed by atoms with Crippen LogP contribution in [0.5, 0.6) is 0 Å². The fraction of sp³-hybridized carbons (Fsp3) is 0.550. The molecule has 27 heavy (non-hydrogen) atoms. The predicted molar refractivity (Wildman–Crippen MR) is 98.8 cm³/mol. The average molecular weight is 370 g/mol. The molecular formula is C20H26N4O3. The van der Waals surface area contributed by atoms with Gasteiger partial charge in [-0.05, 0) is 31.0 Å². The van der Waals surface area contributed by atoms with E-state index in [0.29, 0.717) is 26.3 Å². The monoisotopic (exact) mass is 370 g/mol. The van der Waals surface area contributed by atoms with Crippen molar-refractivity contribution in [3.05, 3.63) is 48.0 Å². The lowest BCUT2D eigenvalue weighted by molar-refractivity contribution is -0.140. The highest BCUT2D eigenvalue weighted by Gasteiger charge is 2.29. The van der Waals surface area contributed by atoms with Crippen molar-refractivity contribution < 1.29 is 14.3 Å². The number of aromatic nitrogens is 3. The summed E-state index contributed by atoms with van der Waals surface area (Å²) in [5.41, 5.74) is 1.92. The van der Waals surface area contributed by atoms with Crippen molar-refractivity contribution in [3.8, 4) is 0 Å². The number of nitrogens with zero attached hydrogens (tertiary/aromatic N) is 4. The Morgan fingerprint density at radius 1 is 1.19 bits per heavy atom. The summed E-state index contributed by atoms with van der Waals surface area (Å²) >= 11 is 0. The Bertz CT molecular complexity index is 743. The Hall–Kier alpha value is -2.25. The number of hydrogen-bond donors (Lipinski definition) is 0. The number of fused-ring (bicyclic) bond motifs is 1. The molecular weight excluding hydrogens is 344 g/mol. The molecule has 7 nitrogen and oxygen atoms in total. The van der Waals surface area contributed by atoms with E-state index in [1.807, 2.05) is 33.8 Å². The number of pyridine rings is 1. The lowest BCUT2D eigenvalue weighted by Gasteiger charge is -2.34. The summed E-state index contributed by atoms with van der Waals surface area (Å²) in [7, 11) is 0. The van der Waals surface area contributed by atoms with Crippen LogP contribution in [0.25, 0.3) is 0 Å². The first-order chi connectivity index (χ1) is 13.3. The molecule has 7 heteroatoms. The van der Waals surface area contributed by atoms with E-state index < -0.39 is 0 Å². The minimum Gasteiger partial charge on any atom is -0.373 e. The van der Waals surface area contributed by atoms with Crippen molar-refractivity contribution in [2.45, 2.75) is 51.0 Å². The van der Waals surface area contributed by atoms with E-state index >= 15 is 0 Å². The molecule has 2 aromatic heterocycles. The molecule has 1 amide bonds. The van der Waals surface area contributed by atoms with Gasteiger partial charge in [-0.15, -0.1) is 0 Å². The molecule has 1 unspecified atom stereocenters. The summed E-state index contributed by atoms with van der Waals surface area (Å²) in [6.45, 7) is 2.26. The first-order valence-corrected chi connectivity index (χ1v) is 9.69. The minimum absolute atomic E-state index is 0.00268. The van der Waals surface area contributed by atoms with Crippen LogP contribution in [0.1, 0.15) is 43.1 Å². The molecule has 1 atom stereocenters. The van der Waals surface area contributed by atoms with Crippen LogP contribution in [-0.4, -0.2) is 51.4 Å². The van der Waals surface area contributed by atoms with Crippen molar-refractivity contribution in [3.63, 3.8) is 0 Å². The fourth-order valence-corrected chi connectivity index (χ4v) is 3.82. The van der Waals surface area contributed by atoms with Crippen LogP contribution in [0.2, 0.25) is 0 Å². The van der Waals surface area contributed by atoms with Gasteiger partial charge in [-0.2, -0.15) is 5.10 Å². The van der Waals surface area contributed by atoms with Gasteiger partial charge in [-0.25, -0.2) is 0 Å². The van der Waals surface area contributed by atoms with Crippen LogP contribution in [-0.2, 0) is 27.4 Å². The fourth-order valence-electron chi connectivity index (χ4n) is 3.82. The Morgan fingerprint density at radius 2 is 2.07 bits per heavy atom. The smallest absolute Gasteiger partial charge is 0.249 e. The molecule has 0 aromatic carbocycles. The molecule has 144 valence electrons. The normalized spacial score (nSPS) is 20.0. The molecule has 1 saturated carbocycles. The number of rotatable bonds is 7. The van der Waals surface area contributed by atoms with Gasteiger partial charge in [0, 0.05) is 18.9 Å². The van der Waals surface area contributed by atoms with E-state index in [2.05, 4.69) is 10.1 Å². The largest absolute Gasteiger partial charge is 0.373 e. The van der Waals surface area contributed by atoms with Gasteiger partial charge in [0.05, 0.1) is 43.3 Å². The van der Waals surface area contributed by atoms with Gasteiger partial charge in [-0.1, -0.05) is 18.9 Å². The SMILES string of the molecule is O=C(COC1CCCC1)N1Cc2ccnn2C(COCc2ccccn2)C1. The van der Waals surface area contributed by atoms with Crippen molar-refractivity contribution >= 4 is 5.91 Å². The summed E-state index contributed by atoms with van der Waals surface area (Å²) in [6, 6.07) is 7.74. The zero-order valence-electron chi connectivity index (χ0n) is 15.5. The standard InChI is InChI=1S/C20H26N4O3/c25-20(15-27-19-6-1-2-7-19)23-11-17-8-10-22-24(17)18(12-23)14-26-13-16-5-3-4-9-21-16/h3-5,8-10,18-19H,1-2,6-7,11-15H2. The van der Waals surface area contributed by atoms with E-state index in [1.54, 1.807) is 12.4 Å². The van der Waals surface area contributed by atoms with Gasteiger partial charge < -0.3 is 14.4 Å². The van der Waals surface area contributed by atoms with E-state index in [0.717, 1.165) is 24.2 Å². The second-order valence-electron chi connectivity index (χ2n) is 7.25. The Kier molecular flexibility index (Phi) is 5.79. The van der Waals surface area contributed by atoms with Crippen molar-refractivity contribution in [1.29, 1.82) is 0 Å². The number of amides is 1. The summed E-state index contributed by atoms with van der Waals surface area (Å²) in [6.07, 6.45) is 8.35. The molecule has 4 rings (SSSR count). The first kappa shape index (κ1) is 18.1. The van der Waals surface area contributed by atoms with Crippen LogP contribution in [0, 0.1) is 0 Å². The van der Waals surface area contributed by atoms with Gasteiger partial charge in [0.1, 0.15) is 6.61 Å². The summed E-state index contributed by atoms with van der Waals surface area (Å²) < 4.78 is 13.6. The quantitative estimate of drug-likeness (QED) is 0.748. The highest BCUT2D eigenvalue weighted by atomic mass is 16.5. The number of carbonyl (C=O) groups is 1. The van der Waals surface area contributed by atoms with Crippen LogP contribution in [0.15, 0.2) is 36.7 Å². The number of ether oxygens (including phenoxy) is 2. The van der Waals surface area contributed by atoms with E-state index in [1.165, 1.54) is 12.8 Å². The Morgan fingerprint density at radius 3 is 2.89 bits per heavy atom. The molecule has 0 saturated heterocycles. The van der Waals surface area contributed by atoms with Crippen LogP contribution < -0.4 is 0 Å². The molecule has 0 spiro atoms. The molecule has 0 bridgehead atoms. The molecule has 1 fully saturated rings. The van der Waals surface area contributed by atoms with Gasteiger partial charge in [-0.3, -0.25) is 14.5 Å². The van der Waals surface area contributed by atoms with E-state index in [4.69, 9.17) is 9.47 Å². The van der Waals surface area contributed by atoms with Gasteiger partial charge >= 0.3 is 0 Å². The Balaban J connectivity index is 1.33. The first-order valence-electron chi connectivity index (χ1n) is 9.69. The van der Waals surface area contributed by atoms with Crippen molar-refractivity contribution in [1.82, 2.24) is 19.7 Å². The van der Waals surface area contributed by atoms with E-state index in [-0.39, 0.29) is 24.7 Å². The second-order valence-corrected chi connectivity index (χ2v) is 7.25. The highest BCUT2D eigenvalue weighted by molar-refractivity contribution is 5.77. The molecule has 3 heterocycles. The zero-order valence-corrected chi connectivity index (χ0v) is 15.5. The van der Waals surface area contributed by atoms with Crippen molar-refractivity contribution in [2.75, 3.05) is 19.8 Å². The summed E-state index contributed by atoms with van der Waals surface area (Å²) in [5.74, 6) is 0.0454. The zero-order chi connectivity index (χ0) is 18.5. The van der Waals surface area contributed by atoms with Crippen LogP contribution in [0.4, 0.5) is 0 Å². The van der Waals surface area contributed by atoms with Crippen LogP contribution >= 0.6 is 0 Å². The third-order valence-corrected chi connectivity index (χ3v) is 5.27. The molecule has 1 aliphatic heterocycles. The molecule has 0 radical (unpaired) electrons. The Labute approximate surface area is 159 Å². The third-order valence-electron chi connectivity index (χ3n) is 5.27. The van der Waals surface area contributed by atoms with Crippen LogP contribution in [0.3, 0.4) is 0 Å². The predicted octanol–water partition coefficient (Wildman–Crippen LogP) is 2.34. The lowest BCUT2D eigenvalue weighted by atomic mass is 10.2. The summed E-state index contributed by atoms with van der Waals surface area (Å²) in [4.78, 5) is 18.8. The third kappa shape index (κ3) is 4.54. The van der Waals surface area contributed by atoms with Crippen molar-refractivity contribution in [2.24, 2.45) is 0 Å². The summed E-state index contributed by atoms with van der Waals surface area (Å²) in [5, 5.41) is 4.42. The van der Waals surface area contributed by atoms with Gasteiger partial charge in [0.2, 0.25) is 5.91 Å². The lowest BCUT2D eigenvalue weighted by Crippen LogP contribution is -2.44. The minimum atomic E-state index is 0.00268. The van der Waals surface area contributed by atoms with E-state index in [9.17, 15) is 4.79 Å². The number of carbonyl (C=O) groups excluding carboxylic acids is 1. The maximum Gasteiger partial charge on any atom is 0.249 e. The average Bonchev–Trinajstić information content (AvgIpc) is 3.38. The molecule has 1 aliphatic carbocycles. The molecule has 2 aromatic rings. The van der Waals surface area contributed by atoms with Gasteiger partial charge in [0.15, 0.2) is 0 Å². The number of hydrogen-bond acceptors (Lipinski definition) is 5. The molecule has 0 N–H and O–H groups in total. The second kappa shape index (κ2) is 8.63.